The number of nitrogens with one attached hydrogen (secondary N) is 1. The van der Waals surface area contributed by atoms with Crippen LogP contribution in [0, 0.1) is 0 Å². The number of carbonyl (C=O) groups excluding carboxylic acids is 1. The van der Waals surface area contributed by atoms with Crippen LogP contribution in [0.15, 0.2) is 21.1 Å². The van der Waals surface area contributed by atoms with E-state index in [1.54, 1.807) is 12.1 Å². The van der Waals surface area contributed by atoms with E-state index in [9.17, 15) is 4.79 Å². The number of halogens is 1. The number of anilines is 1. The van der Waals surface area contributed by atoms with Gasteiger partial charge in [0.05, 0.1) is 0 Å². The minimum atomic E-state index is -0.320. The summed E-state index contributed by atoms with van der Waals surface area (Å²) in [5, 5.41) is 6.83. The van der Waals surface area contributed by atoms with Gasteiger partial charge in [0.15, 0.2) is 16.7 Å². The van der Waals surface area contributed by atoms with Crippen molar-refractivity contribution in [3.05, 3.63) is 22.9 Å². The third-order valence-corrected chi connectivity index (χ3v) is 3.77. The van der Waals surface area contributed by atoms with Crippen molar-refractivity contribution in [3.8, 4) is 11.5 Å². The highest BCUT2D eigenvalue weighted by molar-refractivity contribution is 6.29. The minimum Gasteiger partial charge on any atom is -0.443 e. The second-order valence-electron chi connectivity index (χ2n) is 5.40. The summed E-state index contributed by atoms with van der Waals surface area (Å²) < 4.78 is 10.2. The normalized spacial score (nSPS) is 10.9. The molecule has 0 aliphatic carbocycles. The Labute approximate surface area is 140 Å². The number of aromatic nitrogens is 1. The van der Waals surface area contributed by atoms with Gasteiger partial charge in [-0.2, -0.15) is 0 Å². The van der Waals surface area contributed by atoms with Crippen LogP contribution in [0.4, 0.5) is 5.88 Å². The van der Waals surface area contributed by atoms with Crippen LogP contribution in [0.1, 0.15) is 55.8 Å². The highest BCUT2D eigenvalue weighted by Crippen LogP contribution is 2.29. The molecule has 0 saturated carbocycles. The number of nitrogens with two attached hydrogens (primary N) is 1. The number of furan rings is 1. The first kappa shape index (κ1) is 17.4. The molecule has 0 radical (unpaired) electrons. The zero-order valence-electron chi connectivity index (χ0n) is 13.2. The van der Waals surface area contributed by atoms with Crippen molar-refractivity contribution in [2.24, 2.45) is 0 Å². The lowest BCUT2D eigenvalue weighted by molar-refractivity contribution is 0.0954. The molecular weight excluding hydrogens is 318 g/mol. The van der Waals surface area contributed by atoms with Gasteiger partial charge in [0, 0.05) is 6.54 Å². The topological polar surface area (TPSA) is 94.3 Å². The molecule has 2 aromatic heterocycles. The van der Waals surface area contributed by atoms with Crippen LogP contribution in [0.3, 0.4) is 0 Å². The number of hydrogen-bond acceptors (Lipinski definition) is 5. The Kier molecular flexibility index (Phi) is 6.52. The highest BCUT2D eigenvalue weighted by Gasteiger charge is 2.24. The second kappa shape index (κ2) is 8.62. The SMILES string of the molecule is CCCCCCCCNC(=O)c1c(-c2ccc(Cl)o2)noc1N. The standard InChI is InChI=1S/C16H22ClN3O3/c1-2-3-4-5-6-7-10-19-16(21)13-14(20-23-15(13)18)11-8-9-12(17)22-11/h8-9H,2-7,10,18H2,1H3,(H,19,21). The maximum atomic E-state index is 12.3. The number of rotatable bonds is 9. The van der Waals surface area contributed by atoms with Gasteiger partial charge in [-0.15, -0.1) is 0 Å². The van der Waals surface area contributed by atoms with Crippen LogP contribution in [0.5, 0.6) is 0 Å². The maximum Gasteiger partial charge on any atom is 0.259 e. The molecule has 7 heteroatoms. The van der Waals surface area contributed by atoms with Gasteiger partial charge in [0.25, 0.3) is 5.91 Å². The highest BCUT2D eigenvalue weighted by atomic mass is 35.5. The number of amides is 1. The molecule has 2 aromatic rings. The Balaban J connectivity index is 1.89. The zero-order chi connectivity index (χ0) is 16.7. The third-order valence-electron chi connectivity index (χ3n) is 3.57. The van der Waals surface area contributed by atoms with Gasteiger partial charge in [0.2, 0.25) is 5.88 Å². The molecule has 2 rings (SSSR count). The summed E-state index contributed by atoms with van der Waals surface area (Å²) in [6.45, 7) is 2.78. The average Bonchev–Trinajstić information content (AvgIpc) is 3.12. The molecule has 0 spiro atoms. The second-order valence-corrected chi connectivity index (χ2v) is 5.77. The molecule has 0 saturated heterocycles. The molecule has 0 aliphatic rings. The smallest absolute Gasteiger partial charge is 0.259 e. The summed E-state index contributed by atoms with van der Waals surface area (Å²) in [6, 6.07) is 3.18. The summed E-state index contributed by atoms with van der Waals surface area (Å²) in [4.78, 5) is 12.3. The van der Waals surface area contributed by atoms with E-state index in [2.05, 4.69) is 17.4 Å². The van der Waals surface area contributed by atoms with Crippen LogP contribution in [-0.2, 0) is 0 Å². The molecule has 0 fully saturated rings. The minimum absolute atomic E-state index is 0.0343. The van der Waals surface area contributed by atoms with E-state index in [0.717, 1.165) is 12.8 Å². The van der Waals surface area contributed by atoms with Crippen LogP contribution >= 0.6 is 11.6 Å². The number of nitrogens with zero attached hydrogens (tertiary/aromatic N) is 1. The van der Waals surface area contributed by atoms with Crippen molar-refractivity contribution in [2.75, 3.05) is 12.3 Å². The quantitative estimate of drug-likeness (QED) is 0.665. The summed E-state index contributed by atoms with van der Waals surface area (Å²) >= 11 is 5.75. The van der Waals surface area contributed by atoms with Gasteiger partial charge >= 0.3 is 0 Å². The van der Waals surface area contributed by atoms with E-state index in [0.29, 0.717) is 12.3 Å². The maximum absolute atomic E-state index is 12.3. The molecule has 126 valence electrons. The fourth-order valence-electron chi connectivity index (χ4n) is 2.33. The summed E-state index contributed by atoms with van der Waals surface area (Å²) in [5.41, 5.74) is 6.15. The number of hydrogen-bond donors (Lipinski definition) is 2. The van der Waals surface area contributed by atoms with E-state index < -0.39 is 0 Å². The molecular formula is C16H22ClN3O3. The van der Waals surface area contributed by atoms with Crippen molar-refractivity contribution in [1.29, 1.82) is 0 Å². The van der Waals surface area contributed by atoms with E-state index in [1.165, 1.54) is 25.7 Å². The fourth-order valence-corrected chi connectivity index (χ4v) is 2.47. The molecule has 23 heavy (non-hydrogen) atoms. The lowest BCUT2D eigenvalue weighted by Gasteiger charge is -2.05. The van der Waals surface area contributed by atoms with Gasteiger partial charge in [-0.05, 0) is 30.2 Å². The van der Waals surface area contributed by atoms with Crippen molar-refractivity contribution in [2.45, 2.75) is 45.4 Å². The monoisotopic (exact) mass is 339 g/mol. The largest absolute Gasteiger partial charge is 0.443 e. The van der Waals surface area contributed by atoms with Gasteiger partial charge in [-0.3, -0.25) is 4.79 Å². The van der Waals surface area contributed by atoms with Crippen molar-refractivity contribution in [1.82, 2.24) is 10.5 Å². The number of unbranched alkanes of at least 4 members (excludes halogenated alkanes) is 5. The van der Waals surface area contributed by atoms with Crippen LogP contribution in [-0.4, -0.2) is 17.6 Å². The van der Waals surface area contributed by atoms with E-state index in [4.69, 9.17) is 26.3 Å². The Morgan fingerprint density at radius 2 is 2.00 bits per heavy atom. The van der Waals surface area contributed by atoms with Crippen LogP contribution in [0.25, 0.3) is 11.5 Å². The van der Waals surface area contributed by atoms with Crippen molar-refractivity contribution < 1.29 is 13.7 Å². The molecule has 2 heterocycles. The van der Waals surface area contributed by atoms with Crippen LogP contribution in [0.2, 0.25) is 5.22 Å². The average molecular weight is 340 g/mol. The predicted octanol–water partition coefficient (Wildman–Crippen LogP) is 4.26. The fraction of sp³-hybridized carbons (Fsp3) is 0.500. The van der Waals surface area contributed by atoms with E-state index >= 15 is 0 Å². The van der Waals surface area contributed by atoms with Crippen LogP contribution < -0.4 is 11.1 Å². The molecule has 0 aliphatic heterocycles. The van der Waals surface area contributed by atoms with Crippen molar-refractivity contribution >= 4 is 23.4 Å². The Bertz CT molecular complexity index is 636. The summed E-state index contributed by atoms with van der Waals surface area (Å²) in [5.74, 6) is -0.00651. The first-order valence-electron chi connectivity index (χ1n) is 7.92. The van der Waals surface area contributed by atoms with E-state index in [-0.39, 0.29) is 28.3 Å². The predicted molar refractivity (Wildman–Crippen MR) is 89.3 cm³/mol. The lowest BCUT2D eigenvalue weighted by Crippen LogP contribution is -2.25. The van der Waals surface area contributed by atoms with Gasteiger partial charge < -0.3 is 20.0 Å². The molecule has 6 nitrogen and oxygen atoms in total. The Morgan fingerprint density at radius 3 is 2.70 bits per heavy atom. The molecule has 0 bridgehead atoms. The van der Waals surface area contributed by atoms with Gasteiger partial charge in [-0.1, -0.05) is 44.2 Å². The Hall–Kier alpha value is -1.95. The summed E-state index contributed by atoms with van der Waals surface area (Å²) in [6.07, 6.45) is 6.95. The Morgan fingerprint density at radius 1 is 1.26 bits per heavy atom. The van der Waals surface area contributed by atoms with E-state index in [1.807, 2.05) is 0 Å². The molecule has 0 aromatic carbocycles. The van der Waals surface area contributed by atoms with Crippen molar-refractivity contribution in [3.63, 3.8) is 0 Å². The number of nitrogen functional groups attached to an aromatic ring is 1. The molecule has 1 amide bonds. The first-order chi connectivity index (χ1) is 11.1. The summed E-state index contributed by atoms with van der Waals surface area (Å²) in [7, 11) is 0. The number of carbonyl (C=O) groups is 1. The first-order valence-corrected chi connectivity index (χ1v) is 8.30. The molecule has 3 N–H and O–H groups in total. The van der Waals surface area contributed by atoms with Gasteiger partial charge in [-0.25, -0.2) is 0 Å². The third kappa shape index (κ3) is 4.76. The molecule has 0 unspecified atom stereocenters. The van der Waals surface area contributed by atoms with Gasteiger partial charge in [0.1, 0.15) is 5.56 Å². The lowest BCUT2D eigenvalue weighted by atomic mass is 10.1. The zero-order valence-corrected chi connectivity index (χ0v) is 14.0. The molecule has 0 atom stereocenters.